The lowest BCUT2D eigenvalue weighted by Gasteiger charge is -2.51. The molecule has 0 aromatic heterocycles. The van der Waals surface area contributed by atoms with Crippen molar-refractivity contribution in [2.75, 3.05) is 40.4 Å². The number of carbonyl (C=O) groups is 7. The maximum atomic E-state index is 15.7. The van der Waals surface area contributed by atoms with E-state index in [1.807, 2.05) is 6.07 Å². The van der Waals surface area contributed by atoms with E-state index in [-0.39, 0.29) is 43.5 Å². The molecule has 1 unspecified atom stereocenters. The van der Waals surface area contributed by atoms with E-state index >= 15 is 4.79 Å². The number of rotatable bonds is 9. The van der Waals surface area contributed by atoms with Crippen molar-refractivity contribution in [3.63, 3.8) is 0 Å². The van der Waals surface area contributed by atoms with Crippen LogP contribution in [0.5, 0.6) is 5.75 Å². The zero-order valence-corrected chi connectivity index (χ0v) is 35.2. The molecule has 7 rings (SSSR count). The predicted octanol–water partition coefficient (Wildman–Crippen LogP) is 5.52. The summed E-state index contributed by atoms with van der Waals surface area (Å²) < 4.78 is 24.5. The Morgan fingerprint density at radius 3 is 1.71 bits per heavy atom. The number of esters is 4. The number of ether oxygens (including phenoxy) is 5. The molecular weight excluding hydrogens is 821 g/mol. The fraction of sp³-hybridized carbons (Fsp3) is 0.262. The largest absolute Gasteiger partial charge is 0.497 e. The topological polar surface area (TPSA) is 172 Å². The lowest BCUT2D eigenvalue weighted by molar-refractivity contribution is -0.138. The number of thioether (sulfide) groups is 3. The van der Waals surface area contributed by atoms with Crippen LogP contribution in [0.15, 0.2) is 98.0 Å². The van der Waals surface area contributed by atoms with Crippen LogP contribution in [0.1, 0.15) is 45.7 Å². The standard InChI is InChI=1S/C42H36N2O12S3/c1-41(2)33-28(42(29(37(48)53-4)30(57-33)38(49)54-5)58-31(39(50)55-6)32(59-42)40(51)56-7)25-20-22(52-3)17-18-26(25)44(41)36(47)27(19-21-13-9-8-10-14-21)43-34(45)23-15-11-12-16-24(23)35(43)46/h8-18,20,27H,19H2,1-7H3. The van der Waals surface area contributed by atoms with Crippen molar-refractivity contribution in [1.82, 2.24) is 4.90 Å². The molecule has 0 fully saturated rings. The van der Waals surface area contributed by atoms with E-state index in [1.54, 1.807) is 68.4 Å². The number of carbonyl (C=O) groups excluding carboxylic acids is 7. The summed E-state index contributed by atoms with van der Waals surface area (Å²) in [7, 11) is 5.96. The van der Waals surface area contributed by atoms with Gasteiger partial charge in [0, 0.05) is 22.5 Å². The summed E-state index contributed by atoms with van der Waals surface area (Å²) in [6.07, 6.45) is -0.0490. The molecule has 17 heteroatoms. The summed E-state index contributed by atoms with van der Waals surface area (Å²) in [6.45, 7) is 3.43. The van der Waals surface area contributed by atoms with Crippen molar-refractivity contribution in [1.29, 1.82) is 0 Å². The fourth-order valence-corrected chi connectivity index (χ4v) is 12.6. The molecule has 304 valence electrons. The van der Waals surface area contributed by atoms with E-state index in [0.717, 1.165) is 68.6 Å². The summed E-state index contributed by atoms with van der Waals surface area (Å²) >= 11 is 2.43. The molecule has 0 aliphatic carbocycles. The number of hydrogen-bond donors (Lipinski definition) is 0. The third-order valence-electron chi connectivity index (χ3n) is 10.3. The van der Waals surface area contributed by atoms with Gasteiger partial charge in [-0.15, -0.1) is 0 Å². The molecule has 0 bridgehead atoms. The highest BCUT2D eigenvalue weighted by molar-refractivity contribution is 8.26. The van der Waals surface area contributed by atoms with E-state index in [4.69, 9.17) is 23.7 Å². The third kappa shape index (κ3) is 6.51. The van der Waals surface area contributed by atoms with Crippen LogP contribution < -0.4 is 9.64 Å². The SMILES string of the molecule is COC(=O)C1=C(C(=O)OC)SC2(S1)C(C(=O)OC)=C(C(=O)OC)SC1=C2c2cc(OC)ccc2N(C(=O)C(Cc2ccccc2)N2C(=O)c3ccccc3C2=O)C1(C)C. The zero-order chi connectivity index (χ0) is 42.6. The molecule has 14 nitrogen and oxygen atoms in total. The van der Waals surface area contributed by atoms with E-state index in [1.165, 1.54) is 24.1 Å². The lowest BCUT2D eigenvalue weighted by Crippen LogP contribution is -2.60. The lowest BCUT2D eigenvalue weighted by atomic mass is 9.82. The highest BCUT2D eigenvalue weighted by Gasteiger charge is 2.62. The molecule has 3 aromatic rings. The molecule has 0 radical (unpaired) electrons. The minimum Gasteiger partial charge on any atom is -0.497 e. The van der Waals surface area contributed by atoms with Crippen LogP contribution in [0.3, 0.4) is 0 Å². The highest BCUT2D eigenvalue weighted by atomic mass is 32.2. The summed E-state index contributed by atoms with van der Waals surface area (Å²) in [5.74, 6) is -5.31. The van der Waals surface area contributed by atoms with Gasteiger partial charge in [0.15, 0.2) is 0 Å². The van der Waals surface area contributed by atoms with Gasteiger partial charge in [0.05, 0.1) is 63.5 Å². The number of methoxy groups -OCH3 is 5. The number of anilines is 1. The Bertz CT molecular complexity index is 2410. The summed E-state index contributed by atoms with van der Waals surface area (Å²) in [5, 5.41) is 0. The van der Waals surface area contributed by atoms with Crippen LogP contribution in [0.25, 0.3) is 5.57 Å². The molecule has 3 aromatic carbocycles. The maximum absolute atomic E-state index is 15.7. The number of fused-ring (bicyclic) bond motifs is 4. The van der Waals surface area contributed by atoms with Crippen molar-refractivity contribution in [3.05, 3.63) is 120 Å². The summed E-state index contributed by atoms with van der Waals surface area (Å²) in [6, 6.07) is 18.8. The number of nitrogens with zero attached hydrogens (tertiary/aromatic N) is 2. The predicted molar refractivity (Wildman–Crippen MR) is 220 cm³/mol. The first-order chi connectivity index (χ1) is 28.2. The molecule has 4 aliphatic rings. The van der Waals surface area contributed by atoms with Gasteiger partial charge in [-0.1, -0.05) is 77.8 Å². The van der Waals surface area contributed by atoms with Crippen LogP contribution in [-0.2, 0) is 49.3 Å². The van der Waals surface area contributed by atoms with Crippen LogP contribution in [-0.4, -0.2) is 97.7 Å². The fourth-order valence-electron chi connectivity index (χ4n) is 7.58. The Morgan fingerprint density at radius 1 is 0.661 bits per heavy atom. The molecule has 1 spiro atoms. The molecule has 59 heavy (non-hydrogen) atoms. The second-order valence-electron chi connectivity index (χ2n) is 13.8. The number of imide groups is 1. The van der Waals surface area contributed by atoms with E-state index in [9.17, 15) is 28.8 Å². The second-order valence-corrected chi connectivity index (χ2v) is 17.5. The molecule has 0 saturated heterocycles. The van der Waals surface area contributed by atoms with Crippen LogP contribution in [0.4, 0.5) is 5.69 Å². The quantitative estimate of drug-likeness (QED) is 0.150. The Morgan fingerprint density at radius 2 is 1.19 bits per heavy atom. The van der Waals surface area contributed by atoms with Gasteiger partial charge in [0.2, 0.25) is 0 Å². The average Bonchev–Trinajstić information content (AvgIpc) is 3.76. The van der Waals surface area contributed by atoms with Gasteiger partial charge >= 0.3 is 23.9 Å². The molecule has 1 atom stereocenters. The first-order valence-electron chi connectivity index (χ1n) is 17.9. The van der Waals surface area contributed by atoms with Crippen LogP contribution in [0.2, 0.25) is 0 Å². The Hall–Kier alpha value is -5.78. The number of hydrogen-bond acceptors (Lipinski definition) is 15. The van der Waals surface area contributed by atoms with Crippen molar-refractivity contribution in [2.45, 2.75) is 35.9 Å². The van der Waals surface area contributed by atoms with Crippen molar-refractivity contribution < 1.29 is 57.2 Å². The van der Waals surface area contributed by atoms with Crippen molar-refractivity contribution >= 4 is 88.1 Å². The van der Waals surface area contributed by atoms with E-state index in [2.05, 4.69) is 0 Å². The Balaban J connectivity index is 1.50. The third-order valence-corrected chi connectivity index (χ3v) is 14.9. The first kappa shape index (κ1) is 41.4. The Kier molecular flexibility index (Phi) is 11.1. The Labute approximate surface area is 351 Å². The van der Waals surface area contributed by atoms with Gasteiger partial charge in [-0.05, 0) is 49.7 Å². The van der Waals surface area contributed by atoms with Crippen molar-refractivity contribution in [2.24, 2.45) is 0 Å². The monoisotopic (exact) mass is 856 g/mol. The molecule has 0 N–H and O–H groups in total. The van der Waals surface area contributed by atoms with Crippen LogP contribution in [0, 0.1) is 0 Å². The molecular formula is C42H36N2O12S3. The summed E-state index contributed by atoms with van der Waals surface area (Å²) in [4.78, 5) is 101. The van der Waals surface area contributed by atoms with E-state index < -0.39 is 57.3 Å². The molecule has 0 saturated carbocycles. The summed E-state index contributed by atoms with van der Waals surface area (Å²) in [5.41, 5.74) is 0.198. The molecule has 4 heterocycles. The smallest absolute Gasteiger partial charge is 0.345 e. The van der Waals surface area contributed by atoms with Gasteiger partial charge in [0.1, 0.15) is 30.6 Å². The van der Waals surface area contributed by atoms with E-state index in [0.29, 0.717) is 27.4 Å². The second kappa shape index (κ2) is 15.8. The minimum atomic E-state index is -1.84. The van der Waals surface area contributed by atoms with Gasteiger partial charge < -0.3 is 23.7 Å². The zero-order valence-electron chi connectivity index (χ0n) is 32.7. The minimum absolute atomic E-state index is 0.0490. The van der Waals surface area contributed by atoms with Gasteiger partial charge in [-0.25, -0.2) is 19.2 Å². The first-order valence-corrected chi connectivity index (χ1v) is 20.3. The average molecular weight is 857 g/mol. The highest BCUT2D eigenvalue weighted by Crippen LogP contribution is 2.71. The van der Waals surface area contributed by atoms with Gasteiger partial charge in [0.25, 0.3) is 17.7 Å². The van der Waals surface area contributed by atoms with Gasteiger partial charge in [-0.2, -0.15) is 0 Å². The number of benzene rings is 3. The molecule has 3 amide bonds. The van der Waals surface area contributed by atoms with Crippen molar-refractivity contribution in [3.8, 4) is 5.75 Å². The van der Waals surface area contributed by atoms with Gasteiger partial charge in [-0.3, -0.25) is 24.2 Å². The van der Waals surface area contributed by atoms with Crippen LogP contribution >= 0.6 is 35.3 Å². The maximum Gasteiger partial charge on any atom is 0.345 e. The molecule has 4 aliphatic heterocycles. The normalized spacial score (nSPS) is 17.9. The number of amides is 3.